The predicted octanol–water partition coefficient (Wildman–Crippen LogP) is 3.07. The Balaban J connectivity index is 1.96. The minimum absolute atomic E-state index is 0.0311. The van der Waals surface area contributed by atoms with Gasteiger partial charge in [0.05, 0.1) is 34.7 Å². The molecule has 2 aromatic heterocycles. The summed E-state index contributed by atoms with van der Waals surface area (Å²) in [5.74, 6) is 0. The van der Waals surface area contributed by atoms with Gasteiger partial charge in [0.2, 0.25) is 10.0 Å². The highest BCUT2D eigenvalue weighted by Gasteiger charge is 2.30. The molecule has 0 radical (unpaired) electrons. The molecule has 1 aromatic carbocycles. The summed E-state index contributed by atoms with van der Waals surface area (Å²) in [5, 5.41) is 8.38. The smallest absolute Gasteiger partial charge is 0.379 e. The molecule has 0 bridgehead atoms. The van der Waals surface area contributed by atoms with Crippen LogP contribution in [0, 0.1) is 6.92 Å². The first-order chi connectivity index (χ1) is 13.5. The summed E-state index contributed by atoms with van der Waals surface area (Å²) in [7, 11) is -2.17. The number of pyridine rings is 1. The van der Waals surface area contributed by atoms with E-state index in [1.165, 1.54) is 12.1 Å². The maximum absolute atomic E-state index is 12.7. The molecule has 0 unspecified atom stereocenters. The Morgan fingerprint density at radius 1 is 1.17 bits per heavy atom. The van der Waals surface area contributed by atoms with Gasteiger partial charge in [0.25, 0.3) is 0 Å². The van der Waals surface area contributed by atoms with Crippen LogP contribution in [0.5, 0.6) is 0 Å². The highest BCUT2D eigenvalue weighted by Crippen LogP contribution is 2.34. The molecule has 29 heavy (non-hydrogen) atoms. The van der Waals surface area contributed by atoms with Crippen molar-refractivity contribution < 1.29 is 21.6 Å². The standard InChI is InChI=1S/C18H18F3N5O2S/c1-11-16(29(22,27)28)6-5-14(17(11)15-9-26(2)10-25-15)24-8-13-4-3-12(7-23-13)18(19,20)21/h3-7,9-10,24H,8H2,1-2H3,(H2,22,27,28). The molecule has 0 saturated heterocycles. The van der Waals surface area contributed by atoms with E-state index in [2.05, 4.69) is 15.3 Å². The van der Waals surface area contributed by atoms with E-state index in [0.717, 1.165) is 12.3 Å². The van der Waals surface area contributed by atoms with E-state index in [-0.39, 0.29) is 11.4 Å². The van der Waals surface area contributed by atoms with Crippen LogP contribution in [0.1, 0.15) is 16.8 Å². The van der Waals surface area contributed by atoms with E-state index in [9.17, 15) is 21.6 Å². The molecule has 0 saturated carbocycles. The summed E-state index contributed by atoms with van der Waals surface area (Å²) in [6, 6.07) is 5.15. The fourth-order valence-corrected chi connectivity index (χ4v) is 3.69. The van der Waals surface area contributed by atoms with Crippen LogP contribution in [-0.2, 0) is 29.8 Å². The predicted molar refractivity (Wildman–Crippen MR) is 101 cm³/mol. The lowest BCUT2D eigenvalue weighted by Gasteiger charge is -2.16. The number of hydrogen-bond donors (Lipinski definition) is 2. The Morgan fingerprint density at radius 3 is 2.41 bits per heavy atom. The molecule has 3 aromatic rings. The van der Waals surface area contributed by atoms with Crippen molar-refractivity contribution in [1.82, 2.24) is 14.5 Å². The number of alkyl halides is 3. The van der Waals surface area contributed by atoms with Crippen LogP contribution in [-0.4, -0.2) is 23.0 Å². The molecule has 3 N–H and O–H groups in total. The molecule has 154 valence electrons. The van der Waals surface area contributed by atoms with Gasteiger partial charge in [-0.2, -0.15) is 13.2 Å². The number of primary sulfonamides is 1. The van der Waals surface area contributed by atoms with E-state index in [0.29, 0.717) is 28.2 Å². The second-order valence-electron chi connectivity index (χ2n) is 6.47. The third-order valence-corrected chi connectivity index (χ3v) is 5.35. The topological polar surface area (TPSA) is 103 Å². The van der Waals surface area contributed by atoms with Gasteiger partial charge in [-0.1, -0.05) is 0 Å². The lowest BCUT2D eigenvalue weighted by atomic mass is 10.0. The quantitative estimate of drug-likeness (QED) is 0.654. The van der Waals surface area contributed by atoms with Crippen molar-refractivity contribution >= 4 is 15.7 Å². The van der Waals surface area contributed by atoms with Crippen molar-refractivity contribution in [2.24, 2.45) is 12.2 Å². The molecule has 0 atom stereocenters. The third-order valence-electron chi connectivity index (χ3n) is 4.29. The second-order valence-corrected chi connectivity index (χ2v) is 8.00. The number of halogens is 3. The average Bonchev–Trinajstić information content (AvgIpc) is 3.04. The summed E-state index contributed by atoms with van der Waals surface area (Å²) < 4.78 is 63.5. The first kappa shape index (κ1) is 20.8. The van der Waals surface area contributed by atoms with Crippen LogP contribution in [0.25, 0.3) is 11.3 Å². The van der Waals surface area contributed by atoms with Crippen LogP contribution < -0.4 is 10.5 Å². The summed E-state index contributed by atoms with van der Waals surface area (Å²) in [4.78, 5) is 8.07. The zero-order chi connectivity index (χ0) is 21.4. The molecule has 3 rings (SSSR count). The lowest BCUT2D eigenvalue weighted by Crippen LogP contribution is -2.15. The summed E-state index contributed by atoms with van der Waals surface area (Å²) in [5.41, 5.74) is 1.58. The number of nitrogens with one attached hydrogen (secondary N) is 1. The first-order valence-electron chi connectivity index (χ1n) is 8.37. The Hall–Kier alpha value is -2.92. The lowest BCUT2D eigenvalue weighted by molar-refractivity contribution is -0.137. The number of imidazole rings is 1. The van der Waals surface area contributed by atoms with E-state index in [1.807, 2.05) is 0 Å². The second kappa shape index (κ2) is 7.48. The van der Waals surface area contributed by atoms with Crippen LogP contribution in [0.2, 0.25) is 0 Å². The fraction of sp³-hybridized carbons (Fsp3) is 0.222. The van der Waals surface area contributed by atoms with Crippen molar-refractivity contribution in [3.63, 3.8) is 0 Å². The molecule has 0 fully saturated rings. The summed E-state index contributed by atoms with van der Waals surface area (Å²) >= 11 is 0. The van der Waals surface area contributed by atoms with Crippen LogP contribution in [0.4, 0.5) is 18.9 Å². The largest absolute Gasteiger partial charge is 0.417 e. The Labute approximate surface area is 165 Å². The van der Waals surface area contributed by atoms with Gasteiger partial charge in [-0.25, -0.2) is 18.5 Å². The molecule has 11 heteroatoms. The van der Waals surface area contributed by atoms with Gasteiger partial charge < -0.3 is 9.88 Å². The highest BCUT2D eigenvalue weighted by atomic mass is 32.2. The Bertz CT molecular complexity index is 1140. The summed E-state index contributed by atoms with van der Waals surface area (Å²) in [6.45, 7) is 1.75. The van der Waals surface area contributed by atoms with E-state index < -0.39 is 21.8 Å². The molecule has 0 aliphatic carbocycles. The van der Waals surface area contributed by atoms with Gasteiger partial charge in [0.1, 0.15) is 0 Å². The number of aryl methyl sites for hydroxylation is 1. The zero-order valence-electron chi connectivity index (χ0n) is 15.5. The number of sulfonamides is 1. The maximum Gasteiger partial charge on any atom is 0.417 e. The number of benzene rings is 1. The van der Waals surface area contributed by atoms with Gasteiger partial charge in [-0.3, -0.25) is 4.98 Å². The van der Waals surface area contributed by atoms with Crippen LogP contribution in [0.3, 0.4) is 0 Å². The molecular weight excluding hydrogens is 407 g/mol. The molecule has 0 amide bonds. The van der Waals surface area contributed by atoms with Crippen LogP contribution in [0.15, 0.2) is 47.9 Å². The van der Waals surface area contributed by atoms with Gasteiger partial charge in [0.15, 0.2) is 0 Å². The first-order valence-corrected chi connectivity index (χ1v) is 9.92. The van der Waals surface area contributed by atoms with E-state index in [4.69, 9.17) is 5.14 Å². The number of nitrogens with two attached hydrogens (primary N) is 1. The van der Waals surface area contributed by atoms with Gasteiger partial charge in [-0.15, -0.1) is 0 Å². The normalized spacial score (nSPS) is 12.2. The van der Waals surface area contributed by atoms with Gasteiger partial charge in [0, 0.05) is 30.7 Å². The summed E-state index contributed by atoms with van der Waals surface area (Å²) in [6.07, 6.45) is -0.395. The SMILES string of the molecule is Cc1c(S(N)(=O)=O)ccc(NCc2ccc(C(F)(F)F)cn2)c1-c1cn(C)cn1. The van der Waals surface area contributed by atoms with Crippen molar-refractivity contribution in [2.75, 3.05) is 5.32 Å². The van der Waals surface area contributed by atoms with Crippen molar-refractivity contribution in [1.29, 1.82) is 0 Å². The van der Waals surface area contributed by atoms with Crippen molar-refractivity contribution in [3.8, 4) is 11.3 Å². The average molecular weight is 425 g/mol. The monoisotopic (exact) mass is 425 g/mol. The highest BCUT2D eigenvalue weighted by molar-refractivity contribution is 7.89. The number of hydrogen-bond acceptors (Lipinski definition) is 5. The maximum atomic E-state index is 12.7. The van der Waals surface area contributed by atoms with Crippen LogP contribution >= 0.6 is 0 Å². The van der Waals surface area contributed by atoms with Crippen molar-refractivity contribution in [2.45, 2.75) is 24.5 Å². The molecule has 0 spiro atoms. The molecule has 0 aliphatic rings. The number of aromatic nitrogens is 3. The van der Waals surface area contributed by atoms with E-state index in [1.54, 1.807) is 37.1 Å². The molecular formula is C18H18F3N5O2S. The van der Waals surface area contributed by atoms with Crippen molar-refractivity contribution in [3.05, 3.63) is 59.8 Å². The Kier molecular flexibility index (Phi) is 5.37. The molecule has 7 nitrogen and oxygen atoms in total. The zero-order valence-corrected chi connectivity index (χ0v) is 16.3. The molecule has 2 heterocycles. The fourth-order valence-electron chi connectivity index (χ4n) is 2.90. The van der Waals surface area contributed by atoms with E-state index >= 15 is 0 Å². The molecule has 0 aliphatic heterocycles. The third kappa shape index (κ3) is 4.57. The number of nitrogens with zero attached hydrogens (tertiary/aromatic N) is 3. The minimum Gasteiger partial charge on any atom is -0.379 e. The minimum atomic E-state index is -4.45. The van der Waals surface area contributed by atoms with Gasteiger partial charge in [-0.05, 0) is 36.8 Å². The number of anilines is 1. The Morgan fingerprint density at radius 2 is 1.90 bits per heavy atom. The number of rotatable bonds is 5. The van der Waals surface area contributed by atoms with Gasteiger partial charge >= 0.3 is 6.18 Å².